The van der Waals surface area contributed by atoms with Crippen LogP contribution < -0.4 is 0 Å². The molecule has 0 bridgehead atoms. The molecule has 0 amide bonds. The van der Waals surface area contributed by atoms with Crippen molar-refractivity contribution in [3.8, 4) is 0 Å². The number of nitrogens with zero attached hydrogens (tertiary/aromatic N) is 2. The molecule has 2 nitrogen and oxygen atoms in total. The molecule has 5 heteroatoms. The molecular weight excluding hydrogens is 283 g/mol. The number of aromatic nitrogens is 2. The summed E-state index contributed by atoms with van der Waals surface area (Å²) in [5, 5.41) is -0.164. The van der Waals surface area contributed by atoms with Crippen LogP contribution in [0.3, 0.4) is 0 Å². The summed E-state index contributed by atoms with van der Waals surface area (Å²) in [6.07, 6.45) is 2.36. The van der Waals surface area contributed by atoms with Gasteiger partial charge in [-0.2, -0.15) is 11.8 Å². The predicted octanol–water partition coefficient (Wildman–Crippen LogP) is 4.54. The van der Waals surface area contributed by atoms with Gasteiger partial charge in [0.15, 0.2) is 0 Å². The third-order valence-corrected chi connectivity index (χ3v) is 4.93. The highest BCUT2D eigenvalue weighted by molar-refractivity contribution is 7.99. The Bertz CT molecular complexity index is 590. The summed E-state index contributed by atoms with van der Waals surface area (Å²) >= 11 is 8.22. The second-order valence-electron chi connectivity index (χ2n) is 4.96. The van der Waals surface area contributed by atoms with Gasteiger partial charge in [0.25, 0.3) is 0 Å². The zero-order valence-electron chi connectivity index (χ0n) is 10.8. The molecule has 0 spiro atoms. The maximum Gasteiger partial charge on any atom is 0.128 e. The van der Waals surface area contributed by atoms with Crippen LogP contribution in [0, 0.1) is 5.82 Å². The van der Waals surface area contributed by atoms with Crippen molar-refractivity contribution in [1.82, 2.24) is 9.55 Å². The zero-order chi connectivity index (χ0) is 13.4. The number of rotatable bonds is 2. The third-order valence-electron chi connectivity index (χ3n) is 3.54. The molecule has 19 heavy (non-hydrogen) atoms. The first-order chi connectivity index (χ1) is 9.16. The summed E-state index contributed by atoms with van der Waals surface area (Å²) in [7, 11) is 0. The molecule has 102 valence electrons. The molecule has 0 saturated carbocycles. The lowest BCUT2D eigenvalue weighted by Crippen LogP contribution is -2.18. The van der Waals surface area contributed by atoms with Gasteiger partial charge in [-0.15, -0.1) is 11.6 Å². The molecule has 0 N–H and O–H groups in total. The molecule has 2 heterocycles. The molecule has 2 unspecified atom stereocenters. The summed E-state index contributed by atoms with van der Waals surface area (Å²) < 4.78 is 15.6. The molecular formula is C14H16ClFN2S. The summed E-state index contributed by atoms with van der Waals surface area (Å²) in [4.78, 5) is 4.53. The van der Waals surface area contributed by atoms with E-state index in [1.165, 1.54) is 24.3 Å². The van der Waals surface area contributed by atoms with Gasteiger partial charge in [-0.05, 0) is 37.7 Å². The third kappa shape index (κ3) is 2.48. The van der Waals surface area contributed by atoms with Crippen LogP contribution in [0.5, 0.6) is 0 Å². The highest BCUT2D eigenvalue weighted by Gasteiger charge is 2.23. The smallest absolute Gasteiger partial charge is 0.128 e. The molecule has 1 aromatic heterocycles. The van der Waals surface area contributed by atoms with Crippen LogP contribution in [0.25, 0.3) is 11.0 Å². The van der Waals surface area contributed by atoms with E-state index >= 15 is 0 Å². The second kappa shape index (κ2) is 5.33. The molecule has 1 aliphatic rings. The van der Waals surface area contributed by atoms with Crippen LogP contribution in [-0.4, -0.2) is 21.1 Å². The van der Waals surface area contributed by atoms with Gasteiger partial charge in [0, 0.05) is 17.9 Å². The normalized spacial score (nSPS) is 21.7. The van der Waals surface area contributed by atoms with Gasteiger partial charge in [-0.1, -0.05) is 0 Å². The topological polar surface area (TPSA) is 17.8 Å². The first-order valence-electron chi connectivity index (χ1n) is 6.56. The number of imidazole rings is 1. The van der Waals surface area contributed by atoms with Crippen molar-refractivity contribution < 1.29 is 4.39 Å². The Hall–Kier alpha value is -0.740. The fourth-order valence-electron chi connectivity index (χ4n) is 2.68. The summed E-state index contributed by atoms with van der Waals surface area (Å²) in [6, 6.07) is 5.23. The lowest BCUT2D eigenvalue weighted by Gasteiger charge is -2.25. The van der Waals surface area contributed by atoms with Crippen molar-refractivity contribution in [2.75, 3.05) is 11.5 Å². The lowest BCUT2D eigenvalue weighted by atomic mass is 10.1. The minimum Gasteiger partial charge on any atom is -0.323 e. The number of halogens is 2. The van der Waals surface area contributed by atoms with E-state index in [2.05, 4.69) is 9.55 Å². The Morgan fingerprint density at radius 2 is 2.37 bits per heavy atom. The number of benzene rings is 1. The van der Waals surface area contributed by atoms with Crippen LogP contribution >= 0.6 is 23.4 Å². The quantitative estimate of drug-likeness (QED) is 0.757. The monoisotopic (exact) mass is 298 g/mol. The molecule has 2 atom stereocenters. The second-order valence-corrected chi connectivity index (χ2v) is 6.76. The fraction of sp³-hybridized carbons (Fsp3) is 0.500. The van der Waals surface area contributed by atoms with Crippen molar-refractivity contribution in [3.63, 3.8) is 0 Å². The number of alkyl halides is 1. The van der Waals surface area contributed by atoms with Crippen molar-refractivity contribution in [2.45, 2.75) is 31.2 Å². The summed E-state index contributed by atoms with van der Waals surface area (Å²) in [5.41, 5.74) is 1.70. The Morgan fingerprint density at radius 3 is 3.05 bits per heavy atom. The van der Waals surface area contributed by atoms with Gasteiger partial charge >= 0.3 is 0 Å². The SMILES string of the molecule is CC(Cl)c1nc2cc(F)ccc2n1C1CCCSC1. The van der Waals surface area contributed by atoms with E-state index in [1.54, 1.807) is 0 Å². The first-order valence-corrected chi connectivity index (χ1v) is 8.15. The van der Waals surface area contributed by atoms with E-state index in [0.29, 0.717) is 11.6 Å². The van der Waals surface area contributed by atoms with Crippen LogP contribution in [0.15, 0.2) is 18.2 Å². The Balaban J connectivity index is 2.15. The average Bonchev–Trinajstić information content (AvgIpc) is 2.78. The lowest BCUT2D eigenvalue weighted by molar-refractivity contribution is 0.493. The number of hydrogen-bond donors (Lipinski definition) is 0. The Labute approximate surface area is 121 Å². The van der Waals surface area contributed by atoms with Gasteiger partial charge in [-0.25, -0.2) is 9.37 Å². The predicted molar refractivity (Wildman–Crippen MR) is 79.6 cm³/mol. The van der Waals surface area contributed by atoms with Gasteiger partial charge < -0.3 is 4.57 Å². The average molecular weight is 299 g/mol. The number of hydrogen-bond acceptors (Lipinski definition) is 2. The molecule has 1 aromatic carbocycles. The highest BCUT2D eigenvalue weighted by atomic mass is 35.5. The van der Waals surface area contributed by atoms with Crippen molar-refractivity contribution >= 4 is 34.4 Å². The Morgan fingerprint density at radius 1 is 1.53 bits per heavy atom. The molecule has 1 saturated heterocycles. The minimum absolute atomic E-state index is 0.164. The number of fused-ring (bicyclic) bond motifs is 1. The van der Waals surface area contributed by atoms with Crippen molar-refractivity contribution in [3.05, 3.63) is 29.8 Å². The number of thioether (sulfide) groups is 1. The highest BCUT2D eigenvalue weighted by Crippen LogP contribution is 2.34. The van der Waals surface area contributed by atoms with Crippen molar-refractivity contribution in [2.24, 2.45) is 0 Å². The largest absolute Gasteiger partial charge is 0.323 e. The van der Waals surface area contributed by atoms with Gasteiger partial charge in [-0.3, -0.25) is 0 Å². The van der Waals surface area contributed by atoms with Gasteiger partial charge in [0.2, 0.25) is 0 Å². The van der Waals surface area contributed by atoms with Crippen LogP contribution in [0.1, 0.15) is 37.0 Å². The Kier molecular flexibility index (Phi) is 3.72. The summed E-state index contributed by atoms with van der Waals surface area (Å²) in [5.74, 6) is 2.92. The molecule has 0 radical (unpaired) electrons. The standard InChI is InChI=1S/C14H16ClFN2S/c1-9(15)14-17-12-7-10(16)4-5-13(12)18(14)11-3-2-6-19-8-11/h4-5,7,9,11H,2-3,6,8H2,1H3. The van der Waals surface area contributed by atoms with E-state index < -0.39 is 0 Å². The van der Waals surface area contributed by atoms with Crippen LogP contribution in [0.2, 0.25) is 0 Å². The van der Waals surface area contributed by atoms with Gasteiger partial charge in [0.1, 0.15) is 11.6 Å². The first kappa shape index (κ1) is 13.3. The molecule has 2 aromatic rings. The summed E-state index contributed by atoms with van der Waals surface area (Å²) in [6.45, 7) is 1.92. The zero-order valence-corrected chi connectivity index (χ0v) is 12.3. The maximum absolute atomic E-state index is 13.3. The fourth-order valence-corrected chi connectivity index (χ4v) is 3.96. The minimum atomic E-state index is -0.246. The molecule has 1 fully saturated rings. The van der Waals surface area contributed by atoms with Crippen LogP contribution in [0.4, 0.5) is 4.39 Å². The van der Waals surface area contributed by atoms with Gasteiger partial charge in [0.05, 0.1) is 16.4 Å². The molecule has 3 rings (SSSR count). The van der Waals surface area contributed by atoms with E-state index in [9.17, 15) is 4.39 Å². The molecule has 1 aliphatic heterocycles. The van der Waals surface area contributed by atoms with E-state index in [-0.39, 0.29) is 11.2 Å². The molecule has 0 aliphatic carbocycles. The van der Waals surface area contributed by atoms with E-state index in [1.807, 2.05) is 24.8 Å². The van der Waals surface area contributed by atoms with E-state index in [4.69, 9.17) is 11.6 Å². The van der Waals surface area contributed by atoms with E-state index in [0.717, 1.165) is 23.5 Å². The van der Waals surface area contributed by atoms with Crippen LogP contribution in [-0.2, 0) is 0 Å². The maximum atomic E-state index is 13.3. The van der Waals surface area contributed by atoms with Crippen molar-refractivity contribution in [1.29, 1.82) is 0 Å².